The number of piperidine rings is 1. The van der Waals surface area contributed by atoms with E-state index in [9.17, 15) is 4.79 Å². The largest absolute Gasteiger partial charge is 0.376 e. The van der Waals surface area contributed by atoms with Crippen molar-refractivity contribution in [3.63, 3.8) is 0 Å². The molecule has 2 heterocycles. The number of carbonyl (C=O) groups is 1. The van der Waals surface area contributed by atoms with E-state index in [1.807, 2.05) is 0 Å². The molecule has 1 aliphatic heterocycles. The Labute approximate surface area is 146 Å². The second-order valence-corrected chi connectivity index (χ2v) is 5.92. The van der Waals surface area contributed by atoms with Gasteiger partial charge in [0.05, 0.1) is 18.2 Å². The predicted octanol–water partition coefficient (Wildman–Crippen LogP) is 1.55. The average molecular weight is 336 g/mol. The maximum Gasteiger partial charge on any atom is 0.239 e. The maximum atomic E-state index is 12.1. The molecule has 1 fully saturated rings. The van der Waals surface area contributed by atoms with E-state index in [0.29, 0.717) is 5.56 Å². The van der Waals surface area contributed by atoms with E-state index in [4.69, 9.17) is 5.26 Å². The van der Waals surface area contributed by atoms with Gasteiger partial charge in [-0.2, -0.15) is 5.26 Å². The predicted molar refractivity (Wildman–Crippen MR) is 95.1 cm³/mol. The molecule has 1 saturated heterocycles. The van der Waals surface area contributed by atoms with Gasteiger partial charge in [0, 0.05) is 37.2 Å². The third-order valence-electron chi connectivity index (χ3n) is 4.16. The molecule has 0 aliphatic carbocycles. The Morgan fingerprint density at radius 2 is 1.88 bits per heavy atom. The summed E-state index contributed by atoms with van der Waals surface area (Å²) in [6.45, 7) is 1.88. The van der Waals surface area contributed by atoms with Crippen molar-refractivity contribution in [2.75, 3.05) is 29.9 Å². The summed E-state index contributed by atoms with van der Waals surface area (Å²) in [4.78, 5) is 22.8. The number of amides is 1. The Kier molecular flexibility index (Phi) is 5.42. The van der Waals surface area contributed by atoms with E-state index in [0.717, 1.165) is 37.6 Å². The summed E-state index contributed by atoms with van der Waals surface area (Å²) in [5, 5.41) is 14.9. The van der Waals surface area contributed by atoms with Crippen molar-refractivity contribution in [1.82, 2.24) is 15.3 Å². The standard InChI is InChI=1S/C18H20N6O/c19-12-14-2-4-15(5-3-14)22-13-17(25)23-16-6-10-24(11-7-16)18-20-8-1-9-21-18/h1-5,8-9,16,22H,6-7,10-11,13H2,(H,23,25). The van der Waals surface area contributed by atoms with Gasteiger partial charge in [0.2, 0.25) is 11.9 Å². The van der Waals surface area contributed by atoms with E-state index in [-0.39, 0.29) is 18.5 Å². The zero-order valence-corrected chi connectivity index (χ0v) is 13.9. The van der Waals surface area contributed by atoms with Crippen LogP contribution in [0.25, 0.3) is 0 Å². The van der Waals surface area contributed by atoms with Crippen LogP contribution < -0.4 is 15.5 Å². The van der Waals surface area contributed by atoms with Crippen molar-refractivity contribution in [2.45, 2.75) is 18.9 Å². The topological polar surface area (TPSA) is 93.9 Å². The Bertz CT molecular complexity index is 732. The first-order valence-corrected chi connectivity index (χ1v) is 8.30. The molecular formula is C18H20N6O. The van der Waals surface area contributed by atoms with Gasteiger partial charge in [-0.1, -0.05) is 0 Å². The molecule has 1 aromatic heterocycles. The second kappa shape index (κ2) is 8.11. The van der Waals surface area contributed by atoms with Crippen LogP contribution in [0.5, 0.6) is 0 Å². The number of carbonyl (C=O) groups excluding carboxylic acids is 1. The lowest BCUT2D eigenvalue weighted by Crippen LogP contribution is -2.46. The molecule has 0 saturated carbocycles. The van der Waals surface area contributed by atoms with Gasteiger partial charge in [-0.25, -0.2) is 9.97 Å². The van der Waals surface area contributed by atoms with Crippen LogP contribution in [-0.4, -0.2) is 41.6 Å². The van der Waals surface area contributed by atoms with Gasteiger partial charge in [-0.15, -0.1) is 0 Å². The minimum Gasteiger partial charge on any atom is -0.376 e. The number of aromatic nitrogens is 2. The number of nitriles is 1. The van der Waals surface area contributed by atoms with Gasteiger partial charge in [0.15, 0.2) is 0 Å². The summed E-state index contributed by atoms with van der Waals surface area (Å²) < 4.78 is 0. The highest BCUT2D eigenvalue weighted by Gasteiger charge is 2.21. The summed E-state index contributed by atoms with van der Waals surface area (Å²) in [5.74, 6) is 0.716. The summed E-state index contributed by atoms with van der Waals surface area (Å²) >= 11 is 0. The van der Waals surface area contributed by atoms with Crippen LogP contribution in [0.4, 0.5) is 11.6 Å². The normalized spacial score (nSPS) is 14.6. The number of benzene rings is 1. The van der Waals surface area contributed by atoms with Crippen molar-refractivity contribution in [2.24, 2.45) is 0 Å². The molecule has 25 heavy (non-hydrogen) atoms. The summed E-state index contributed by atoms with van der Waals surface area (Å²) in [5.41, 5.74) is 1.43. The highest BCUT2D eigenvalue weighted by molar-refractivity contribution is 5.81. The van der Waals surface area contributed by atoms with E-state index >= 15 is 0 Å². The highest BCUT2D eigenvalue weighted by Crippen LogP contribution is 2.15. The molecule has 7 nitrogen and oxygen atoms in total. The molecule has 1 aliphatic rings. The molecular weight excluding hydrogens is 316 g/mol. The first kappa shape index (κ1) is 16.7. The number of nitrogens with zero attached hydrogens (tertiary/aromatic N) is 4. The van der Waals surface area contributed by atoms with Crippen molar-refractivity contribution in [3.05, 3.63) is 48.3 Å². The van der Waals surface area contributed by atoms with Crippen LogP contribution >= 0.6 is 0 Å². The molecule has 0 unspecified atom stereocenters. The Morgan fingerprint density at radius 3 is 2.52 bits per heavy atom. The van der Waals surface area contributed by atoms with Gasteiger partial charge >= 0.3 is 0 Å². The number of anilines is 2. The zero-order valence-electron chi connectivity index (χ0n) is 13.9. The SMILES string of the molecule is N#Cc1ccc(NCC(=O)NC2CCN(c3ncccn3)CC2)cc1. The fourth-order valence-electron chi connectivity index (χ4n) is 2.80. The summed E-state index contributed by atoms with van der Waals surface area (Å²) in [7, 11) is 0. The Hall–Kier alpha value is -3.14. The van der Waals surface area contributed by atoms with Gasteiger partial charge < -0.3 is 15.5 Å². The smallest absolute Gasteiger partial charge is 0.239 e. The van der Waals surface area contributed by atoms with Gasteiger partial charge in [0.25, 0.3) is 0 Å². The van der Waals surface area contributed by atoms with Crippen molar-refractivity contribution < 1.29 is 4.79 Å². The fraction of sp³-hybridized carbons (Fsp3) is 0.333. The quantitative estimate of drug-likeness (QED) is 0.860. The van der Waals surface area contributed by atoms with E-state index in [2.05, 4.69) is 31.6 Å². The monoisotopic (exact) mass is 336 g/mol. The molecule has 2 aromatic rings. The molecule has 0 spiro atoms. The number of rotatable bonds is 5. The third kappa shape index (κ3) is 4.67. The van der Waals surface area contributed by atoms with Crippen molar-refractivity contribution >= 4 is 17.5 Å². The minimum absolute atomic E-state index is 0.0289. The first-order chi connectivity index (χ1) is 12.2. The Morgan fingerprint density at radius 1 is 1.20 bits per heavy atom. The lowest BCUT2D eigenvalue weighted by atomic mass is 10.1. The van der Waals surface area contributed by atoms with Crippen LogP contribution in [0.3, 0.4) is 0 Å². The number of nitrogens with one attached hydrogen (secondary N) is 2. The zero-order chi connectivity index (χ0) is 17.5. The number of hydrogen-bond acceptors (Lipinski definition) is 6. The van der Waals surface area contributed by atoms with E-state index in [1.165, 1.54) is 0 Å². The third-order valence-corrected chi connectivity index (χ3v) is 4.16. The van der Waals surface area contributed by atoms with E-state index < -0.39 is 0 Å². The molecule has 1 aromatic carbocycles. The van der Waals surface area contributed by atoms with Crippen molar-refractivity contribution in [1.29, 1.82) is 5.26 Å². The maximum absolute atomic E-state index is 12.1. The van der Waals surface area contributed by atoms with Crippen LogP contribution in [-0.2, 0) is 4.79 Å². The first-order valence-electron chi connectivity index (χ1n) is 8.30. The molecule has 128 valence electrons. The molecule has 0 radical (unpaired) electrons. The minimum atomic E-state index is -0.0289. The van der Waals surface area contributed by atoms with Crippen LogP contribution in [0.1, 0.15) is 18.4 Å². The van der Waals surface area contributed by atoms with E-state index in [1.54, 1.807) is 42.7 Å². The average Bonchev–Trinajstić information content (AvgIpc) is 2.68. The highest BCUT2D eigenvalue weighted by atomic mass is 16.2. The second-order valence-electron chi connectivity index (χ2n) is 5.92. The molecule has 2 N–H and O–H groups in total. The fourth-order valence-corrected chi connectivity index (χ4v) is 2.80. The lowest BCUT2D eigenvalue weighted by Gasteiger charge is -2.32. The summed E-state index contributed by atoms with van der Waals surface area (Å²) in [6, 6.07) is 11.1. The van der Waals surface area contributed by atoms with Crippen LogP contribution in [0, 0.1) is 11.3 Å². The van der Waals surface area contributed by atoms with Gasteiger partial charge in [-0.05, 0) is 43.2 Å². The molecule has 0 bridgehead atoms. The van der Waals surface area contributed by atoms with Crippen molar-refractivity contribution in [3.8, 4) is 6.07 Å². The lowest BCUT2D eigenvalue weighted by molar-refractivity contribution is -0.120. The molecule has 3 rings (SSSR count). The summed E-state index contributed by atoms with van der Waals surface area (Å²) in [6.07, 6.45) is 5.23. The molecule has 1 amide bonds. The number of hydrogen-bond donors (Lipinski definition) is 2. The van der Waals surface area contributed by atoms with Gasteiger partial charge in [0.1, 0.15) is 0 Å². The van der Waals surface area contributed by atoms with Gasteiger partial charge in [-0.3, -0.25) is 4.79 Å². The molecule has 0 atom stereocenters. The van der Waals surface area contributed by atoms with Crippen LogP contribution in [0.2, 0.25) is 0 Å². The van der Waals surface area contributed by atoms with Crippen LogP contribution in [0.15, 0.2) is 42.7 Å². The Balaban J connectivity index is 1.41. The molecule has 7 heteroatoms.